The summed E-state index contributed by atoms with van der Waals surface area (Å²) in [5.74, 6) is 0. The summed E-state index contributed by atoms with van der Waals surface area (Å²) in [7, 11) is 1.94. The van der Waals surface area contributed by atoms with E-state index in [4.69, 9.17) is 5.10 Å². The molecule has 0 aromatic carbocycles. The molecular formula is C15H23N5. The van der Waals surface area contributed by atoms with E-state index in [0.717, 1.165) is 24.5 Å². The SMILES string of the molecule is CNCc1ccn(Cc2ccn(C3CCCCC3)n2)n1. The minimum atomic E-state index is 0.606. The molecule has 2 aromatic rings. The molecule has 0 atom stereocenters. The summed E-state index contributed by atoms with van der Waals surface area (Å²) in [6.07, 6.45) is 10.8. The van der Waals surface area contributed by atoms with Gasteiger partial charge in [0, 0.05) is 18.9 Å². The first kappa shape index (κ1) is 13.4. The molecule has 0 spiro atoms. The maximum atomic E-state index is 4.72. The molecule has 0 unspecified atom stereocenters. The van der Waals surface area contributed by atoms with Crippen LogP contribution in [0, 0.1) is 0 Å². The fraction of sp³-hybridized carbons (Fsp3) is 0.600. The number of nitrogens with zero attached hydrogens (tertiary/aromatic N) is 4. The fourth-order valence-corrected chi connectivity index (χ4v) is 2.94. The van der Waals surface area contributed by atoms with Crippen LogP contribution < -0.4 is 5.32 Å². The lowest BCUT2D eigenvalue weighted by Crippen LogP contribution is -2.14. The zero-order chi connectivity index (χ0) is 13.8. The second-order valence-electron chi connectivity index (χ2n) is 5.61. The van der Waals surface area contributed by atoms with Gasteiger partial charge in [-0.15, -0.1) is 0 Å². The molecule has 20 heavy (non-hydrogen) atoms. The molecule has 5 heteroatoms. The lowest BCUT2D eigenvalue weighted by Gasteiger charge is -2.21. The quantitative estimate of drug-likeness (QED) is 0.909. The van der Waals surface area contributed by atoms with Crippen molar-refractivity contribution in [3.63, 3.8) is 0 Å². The highest BCUT2D eigenvalue weighted by atomic mass is 15.3. The molecule has 0 radical (unpaired) electrons. The van der Waals surface area contributed by atoms with Gasteiger partial charge in [0.2, 0.25) is 0 Å². The van der Waals surface area contributed by atoms with Gasteiger partial charge >= 0.3 is 0 Å². The van der Waals surface area contributed by atoms with E-state index >= 15 is 0 Å². The third-order valence-corrected chi connectivity index (χ3v) is 3.99. The van der Waals surface area contributed by atoms with Crippen LogP contribution >= 0.6 is 0 Å². The van der Waals surface area contributed by atoms with Gasteiger partial charge in [0.25, 0.3) is 0 Å². The molecule has 1 N–H and O–H groups in total. The van der Waals surface area contributed by atoms with Crippen LogP contribution in [0.3, 0.4) is 0 Å². The highest BCUT2D eigenvalue weighted by Gasteiger charge is 2.16. The monoisotopic (exact) mass is 273 g/mol. The molecule has 1 fully saturated rings. The standard InChI is InChI=1S/C15H23N5/c1-16-11-13-7-9-19(17-13)12-14-8-10-20(18-14)15-5-3-2-4-6-15/h7-10,15-16H,2-6,11-12H2,1H3. The van der Waals surface area contributed by atoms with Crippen molar-refractivity contribution in [2.75, 3.05) is 7.05 Å². The summed E-state index contributed by atoms with van der Waals surface area (Å²) >= 11 is 0. The summed E-state index contributed by atoms with van der Waals surface area (Å²) in [5.41, 5.74) is 2.16. The fourth-order valence-electron chi connectivity index (χ4n) is 2.94. The van der Waals surface area contributed by atoms with Crippen molar-refractivity contribution < 1.29 is 0 Å². The van der Waals surface area contributed by atoms with Crippen molar-refractivity contribution in [2.45, 2.75) is 51.2 Å². The number of hydrogen-bond acceptors (Lipinski definition) is 3. The van der Waals surface area contributed by atoms with E-state index in [-0.39, 0.29) is 0 Å². The smallest absolute Gasteiger partial charge is 0.0849 e. The Balaban J connectivity index is 1.63. The number of rotatable bonds is 5. The number of hydrogen-bond donors (Lipinski definition) is 1. The predicted molar refractivity (Wildman–Crippen MR) is 78.4 cm³/mol. The zero-order valence-corrected chi connectivity index (χ0v) is 12.1. The summed E-state index contributed by atoms with van der Waals surface area (Å²) in [5, 5.41) is 12.4. The molecule has 5 nitrogen and oxygen atoms in total. The Morgan fingerprint density at radius 1 is 1.10 bits per heavy atom. The Bertz CT molecular complexity index is 536. The van der Waals surface area contributed by atoms with E-state index in [1.807, 2.05) is 17.9 Å². The first-order valence-electron chi connectivity index (χ1n) is 7.56. The van der Waals surface area contributed by atoms with Gasteiger partial charge in [-0.25, -0.2) is 0 Å². The third-order valence-electron chi connectivity index (χ3n) is 3.99. The lowest BCUT2D eigenvalue weighted by atomic mass is 9.96. The normalized spacial score (nSPS) is 16.6. The first-order chi connectivity index (χ1) is 9.85. The molecule has 0 amide bonds. The maximum absolute atomic E-state index is 4.72. The molecule has 2 aromatic heterocycles. The minimum Gasteiger partial charge on any atom is -0.314 e. The number of aromatic nitrogens is 4. The Kier molecular flexibility index (Phi) is 4.16. The zero-order valence-electron chi connectivity index (χ0n) is 12.1. The molecule has 0 saturated heterocycles. The second kappa shape index (κ2) is 6.22. The molecule has 1 saturated carbocycles. The average Bonchev–Trinajstić information content (AvgIpc) is 3.11. The summed E-state index contributed by atoms with van der Waals surface area (Å²) in [6.45, 7) is 1.56. The molecule has 1 aliphatic rings. The summed E-state index contributed by atoms with van der Waals surface area (Å²) in [6, 6.07) is 4.78. The summed E-state index contributed by atoms with van der Waals surface area (Å²) in [4.78, 5) is 0. The van der Waals surface area contributed by atoms with Gasteiger partial charge in [-0.3, -0.25) is 9.36 Å². The van der Waals surface area contributed by atoms with Gasteiger partial charge in [-0.1, -0.05) is 19.3 Å². The van der Waals surface area contributed by atoms with Crippen LogP contribution in [0.2, 0.25) is 0 Å². The van der Waals surface area contributed by atoms with Crippen LogP contribution in [0.15, 0.2) is 24.5 Å². The molecular weight excluding hydrogens is 250 g/mol. The van der Waals surface area contributed by atoms with E-state index in [2.05, 4.69) is 33.4 Å². The van der Waals surface area contributed by atoms with Crippen LogP contribution in [0.4, 0.5) is 0 Å². The average molecular weight is 273 g/mol. The van der Waals surface area contributed by atoms with E-state index < -0.39 is 0 Å². The molecule has 108 valence electrons. The Morgan fingerprint density at radius 3 is 2.70 bits per heavy atom. The van der Waals surface area contributed by atoms with Crippen molar-refractivity contribution in [1.29, 1.82) is 0 Å². The maximum Gasteiger partial charge on any atom is 0.0849 e. The molecule has 3 rings (SSSR count). The van der Waals surface area contributed by atoms with E-state index in [0.29, 0.717) is 6.04 Å². The van der Waals surface area contributed by atoms with Crippen LogP contribution in [0.5, 0.6) is 0 Å². The van der Waals surface area contributed by atoms with Gasteiger partial charge in [0.15, 0.2) is 0 Å². The highest BCUT2D eigenvalue weighted by molar-refractivity contribution is 5.04. The van der Waals surface area contributed by atoms with Crippen LogP contribution in [0.1, 0.15) is 49.5 Å². The third kappa shape index (κ3) is 3.10. The van der Waals surface area contributed by atoms with Crippen molar-refractivity contribution in [3.05, 3.63) is 35.9 Å². The largest absolute Gasteiger partial charge is 0.314 e. The molecule has 2 heterocycles. The van der Waals surface area contributed by atoms with Gasteiger partial charge in [-0.2, -0.15) is 10.2 Å². The number of nitrogens with one attached hydrogen (secondary N) is 1. The van der Waals surface area contributed by atoms with Crippen molar-refractivity contribution in [3.8, 4) is 0 Å². The predicted octanol–water partition coefficient (Wildman–Crippen LogP) is 2.35. The van der Waals surface area contributed by atoms with Crippen LogP contribution in [-0.2, 0) is 13.1 Å². The topological polar surface area (TPSA) is 47.7 Å². The Labute approximate surface area is 120 Å². The van der Waals surface area contributed by atoms with E-state index in [9.17, 15) is 0 Å². The van der Waals surface area contributed by atoms with Crippen molar-refractivity contribution >= 4 is 0 Å². The van der Waals surface area contributed by atoms with E-state index in [1.165, 1.54) is 32.1 Å². The van der Waals surface area contributed by atoms with Crippen LogP contribution in [-0.4, -0.2) is 26.6 Å². The van der Waals surface area contributed by atoms with Gasteiger partial charge in [0.05, 0.1) is 24.0 Å². The molecule has 0 aliphatic heterocycles. The van der Waals surface area contributed by atoms with Gasteiger partial charge < -0.3 is 5.32 Å². The minimum absolute atomic E-state index is 0.606. The lowest BCUT2D eigenvalue weighted by molar-refractivity contribution is 0.327. The van der Waals surface area contributed by atoms with Crippen molar-refractivity contribution in [1.82, 2.24) is 24.9 Å². The van der Waals surface area contributed by atoms with E-state index in [1.54, 1.807) is 0 Å². The van der Waals surface area contributed by atoms with Crippen molar-refractivity contribution in [2.24, 2.45) is 0 Å². The highest BCUT2D eigenvalue weighted by Crippen LogP contribution is 2.27. The van der Waals surface area contributed by atoms with Gasteiger partial charge in [-0.05, 0) is 32.0 Å². The second-order valence-corrected chi connectivity index (χ2v) is 5.61. The molecule has 0 bridgehead atoms. The Morgan fingerprint density at radius 2 is 1.90 bits per heavy atom. The Hall–Kier alpha value is -1.62. The van der Waals surface area contributed by atoms with Crippen LogP contribution in [0.25, 0.3) is 0 Å². The molecule has 1 aliphatic carbocycles. The van der Waals surface area contributed by atoms with Gasteiger partial charge in [0.1, 0.15) is 0 Å². The first-order valence-corrected chi connectivity index (χ1v) is 7.56. The summed E-state index contributed by atoms with van der Waals surface area (Å²) < 4.78 is 4.12.